The van der Waals surface area contributed by atoms with Crippen molar-refractivity contribution in [3.05, 3.63) is 47.9 Å². The lowest BCUT2D eigenvalue weighted by Crippen LogP contribution is -2.07. The number of carbonyl (C=O) groups excluding carboxylic acids is 1. The molecule has 0 radical (unpaired) electrons. The van der Waals surface area contributed by atoms with Gasteiger partial charge in [0, 0.05) is 6.07 Å². The molecular weight excluding hydrogens is 428 g/mol. The normalized spacial score (nSPS) is 10.7. The Kier molecular flexibility index (Phi) is 8.12. The van der Waals surface area contributed by atoms with Crippen LogP contribution < -0.4 is 18.9 Å². The second kappa shape index (κ2) is 11.2. The number of ether oxygens (including phenoxy) is 5. The molecule has 0 aliphatic rings. The lowest BCUT2D eigenvalue weighted by Gasteiger charge is -2.12. The van der Waals surface area contributed by atoms with Crippen molar-refractivity contribution in [1.82, 2.24) is 10.1 Å². The van der Waals surface area contributed by atoms with E-state index >= 15 is 0 Å². The van der Waals surface area contributed by atoms with Crippen LogP contribution in [0.3, 0.4) is 0 Å². The van der Waals surface area contributed by atoms with E-state index in [-0.39, 0.29) is 12.5 Å². The molecule has 0 aliphatic carbocycles. The van der Waals surface area contributed by atoms with Crippen molar-refractivity contribution in [2.24, 2.45) is 5.92 Å². The van der Waals surface area contributed by atoms with Crippen molar-refractivity contribution in [2.75, 3.05) is 27.9 Å². The third kappa shape index (κ3) is 6.15. The van der Waals surface area contributed by atoms with Gasteiger partial charge in [0.2, 0.25) is 5.82 Å². The number of nitrogens with zero attached hydrogens (tertiary/aromatic N) is 2. The van der Waals surface area contributed by atoms with E-state index in [2.05, 4.69) is 24.0 Å². The Morgan fingerprint density at radius 1 is 0.970 bits per heavy atom. The molecule has 0 N–H and O–H groups in total. The van der Waals surface area contributed by atoms with Gasteiger partial charge in [-0.25, -0.2) is 4.79 Å². The minimum absolute atomic E-state index is 0.150. The Labute approximate surface area is 192 Å². The molecule has 0 spiro atoms. The average molecular weight is 456 g/mol. The molecular formula is C24H28N2O7. The standard InChI is InChI=1S/C24H28N2O7/c1-15(2)10-11-31-19-9-6-16(12-21(19)30-5)24(27)32-14-22-25-23(26-33-22)18-8-7-17(28-3)13-20(18)29-4/h6-9,12-13,15H,10-11,14H2,1-5H3. The molecule has 3 rings (SSSR count). The van der Waals surface area contributed by atoms with Gasteiger partial charge in [0.15, 0.2) is 18.1 Å². The van der Waals surface area contributed by atoms with Crippen molar-refractivity contribution in [3.63, 3.8) is 0 Å². The van der Waals surface area contributed by atoms with Gasteiger partial charge in [-0.2, -0.15) is 4.98 Å². The summed E-state index contributed by atoms with van der Waals surface area (Å²) in [6, 6.07) is 10.1. The summed E-state index contributed by atoms with van der Waals surface area (Å²) in [5, 5.41) is 3.95. The highest BCUT2D eigenvalue weighted by molar-refractivity contribution is 5.90. The fourth-order valence-corrected chi connectivity index (χ4v) is 2.94. The van der Waals surface area contributed by atoms with Crippen molar-refractivity contribution in [1.29, 1.82) is 0 Å². The second-order valence-corrected chi connectivity index (χ2v) is 7.55. The van der Waals surface area contributed by atoms with Crippen molar-refractivity contribution < 1.29 is 33.0 Å². The molecule has 176 valence electrons. The number of esters is 1. The summed E-state index contributed by atoms with van der Waals surface area (Å²) in [6.07, 6.45) is 0.918. The van der Waals surface area contributed by atoms with Gasteiger partial charge in [-0.3, -0.25) is 0 Å². The van der Waals surface area contributed by atoms with Crippen LogP contribution in [0.5, 0.6) is 23.0 Å². The largest absolute Gasteiger partial charge is 0.497 e. The molecule has 1 aromatic heterocycles. The highest BCUT2D eigenvalue weighted by atomic mass is 16.6. The summed E-state index contributed by atoms with van der Waals surface area (Å²) < 4.78 is 32.2. The maximum atomic E-state index is 12.5. The Balaban J connectivity index is 1.64. The Morgan fingerprint density at radius 3 is 2.45 bits per heavy atom. The molecule has 9 heteroatoms. The number of aromatic nitrogens is 2. The predicted octanol–water partition coefficient (Wildman–Crippen LogP) is 4.54. The number of benzene rings is 2. The molecule has 0 saturated carbocycles. The summed E-state index contributed by atoms with van der Waals surface area (Å²) in [4.78, 5) is 16.8. The summed E-state index contributed by atoms with van der Waals surface area (Å²) in [5.74, 6) is 2.64. The lowest BCUT2D eigenvalue weighted by molar-refractivity contribution is 0.0429. The molecule has 2 aromatic carbocycles. The Hall–Kier alpha value is -3.75. The van der Waals surface area contributed by atoms with E-state index in [1.807, 2.05) is 0 Å². The van der Waals surface area contributed by atoms with E-state index in [9.17, 15) is 4.79 Å². The molecule has 33 heavy (non-hydrogen) atoms. The summed E-state index contributed by atoms with van der Waals surface area (Å²) in [6.45, 7) is 4.63. The number of hydrogen-bond acceptors (Lipinski definition) is 9. The maximum Gasteiger partial charge on any atom is 0.338 e. The van der Waals surface area contributed by atoms with E-state index < -0.39 is 5.97 Å². The van der Waals surface area contributed by atoms with Gasteiger partial charge in [0.1, 0.15) is 11.5 Å². The zero-order chi connectivity index (χ0) is 23.8. The summed E-state index contributed by atoms with van der Waals surface area (Å²) in [5.41, 5.74) is 0.942. The van der Waals surface area contributed by atoms with Gasteiger partial charge < -0.3 is 28.2 Å². The van der Waals surface area contributed by atoms with Crippen LogP contribution in [-0.2, 0) is 11.3 Å². The number of methoxy groups -OCH3 is 3. The Morgan fingerprint density at radius 2 is 1.76 bits per heavy atom. The Bertz CT molecular complexity index is 1080. The molecule has 0 bridgehead atoms. The lowest BCUT2D eigenvalue weighted by atomic mass is 10.1. The molecule has 0 amide bonds. The van der Waals surface area contributed by atoms with Crippen molar-refractivity contribution in [2.45, 2.75) is 26.9 Å². The van der Waals surface area contributed by atoms with Crippen molar-refractivity contribution >= 4 is 5.97 Å². The van der Waals surface area contributed by atoms with E-state index in [1.165, 1.54) is 14.2 Å². The number of rotatable bonds is 11. The van der Waals surface area contributed by atoms with Crippen LogP contribution in [0.2, 0.25) is 0 Å². The average Bonchev–Trinajstić information content (AvgIpc) is 3.30. The van der Waals surface area contributed by atoms with E-state index in [1.54, 1.807) is 43.5 Å². The van der Waals surface area contributed by atoms with E-state index in [0.717, 1.165) is 6.42 Å². The van der Waals surface area contributed by atoms with Gasteiger partial charge in [0.25, 0.3) is 5.89 Å². The minimum atomic E-state index is -0.552. The van der Waals surface area contributed by atoms with Crippen molar-refractivity contribution in [3.8, 4) is 34.4 Å². The molecule has 0 saturated heterocycles. The molecule has 0 unspecified atom stereocenters. The van der Waals surface area contributed by atoms with E-state index in [0.29, 0.717) is 52.5 Å². The predicted molar refractivity (Wildman–Crippen MR) is 120 cm³/mol. The van der Waals surface area contributed by atoms with Crippen LogP contribution >= 0.6 is 0 Å². The van der Waals surface area contributed by atoms with Gasteiger partial charge in [-0.05, 0) is 42.7 Å². The monoisotopic (exact) mass is 456 g/mol. The van der Waals surface area contributed by atoms with Crippen LogP contribution in [0.1, 0.15) is 36.5 Å². The van der Waals surface area contributed by atoms with Gasteiger partial charge in [0.05, 0.1) is 39.1 Å². The third-order valence-electron chi connectivity index (χ3n) is 4.80. The fraction of sp³-hybridized carbons (Fsp3) is 0.375. The summed E-state index contributed by atoms with van der Waals surface area (Å²) >= 11 is 0. The first-order valence-corrected chi connectivity index (χ1v) is 10.5. The molecule has 0 atom stereocenters. The first-order valence-electron chi connectivity index (χ1n) is 10.5. The maximum absolute atomic E-state index is 12.5. The molecule has 0 fully saturated rings. The van der Waals surface area contributed by atoms with Gasteiger partial charge in [-0.1, -0.05) is 19.0 Å². The molecule has 0 aliphatic heterocycles. The topological polar surface area (TPSA) is 102 Å². The molecule has 1 heterocycles. The van der Waals surface area contributed by atoms with Gasteiger partial charge in [-0.15, -0.1) is 0 Å². The third-order valence-corrected chi connectivity index (χ3v) is 4.80. The highest BCUT2D eigenvalue weighted by Gasteiger charge is 2.17. The fourth-order valence-electron chi connectivity index (χ4n) is 2.94. The quantitative estimate of drug-likeness (QED) is 0.385. The number of hydrogen-bond donors (Lipinski definition) is 0. The zero-order valence-electron chi connectivity index (χ0n) is 19.4. The van der Waals surface area contributed by atoms with E-state index in [4.69, 9.17) is 28.2 Å². The summed E-state index contributed by atoms with van der Waals surface area (Å²) in [7, 11) is 4.63. The van der Waals surface area contributed by atoms with Crippen LogP contribution in [0.4, 0.5) is 0 Å². The van der Waals surface area contributed by atoms with Gasteiger partial charge >= 0.3 is 5.97 Å². The smallest absolute Gasteiger partial charge is 0.338 e. The highest BCUT2D eigenvalue weighted by Crippen LogP contribution is 2.32. The first-order chi connectivity index (χ1) is 15.9. The SMILES string of the molecule is COc1ccc(-c2noc(COC(=O)c3ccc(OCCC(C)C)c(OC)c3)n2)c(OC)c1. The van der Waals surface area contributed by atoms with Crippen LogP contribution in [0, 0.1) is 5.92 Å². The molecule has 9 nitrogen and oxygen atoms in total. The number of carbonyl (C=O) groups is 1. The van der Waals surface area contributed by atoms with Crippen LogP contribution in [-0.4, -0.2) is 44.0 Å². The second-order valence-electron chi connectivity index (χ2n) is 7.55. The zero-order valence-corrected chi connectivity index (χ0v) is 19.4. The first kappa shape index (κ1) is 23.9. The van der Waals surface area contributed by atoms with Crippen LogP contribution in [0.15, 0.2) is 40.9 Å². The van der Waals surface area contributed by atoms with Crippen LogP contribution in [0.25, 0.3) is 11.4 Å². The molecule has 3 aromatic rings. The minimum Gasteiger partial charge on any atom is -0.497 e.